The highest BCUT2D eigenvalue weighted by Gasteiger charge is 1.97. The molecule has 0 atom stereocenters. The summed E-state index contributed by atoms with van der Waals surface area (Å²) in [4.78, 5) is 13.8. The summed E-state index contributed by atoms with van der Waals surface area (Å²) in [5.41, 5.74) is 0.220. The summed E-state index contributed by atoms with van der Waals surface area (Å²) in [6.07, 6.45) is 2.84. The van der Waals surface area contributed by atoms with E-state index in [1.165, 1.54) is 18.5 Å². The maximum absolute atomic E-state index is 10.2. The molecule has 0 aliphatic carbocycles. The van der Waals surface area contributed by atoms with Gasteiger partial charge in [0, 0.05) is 12.4 Å². The first-order valence-corrected chi connectivity index (χ1v) is 2.44. The van der Waals surface area contributed by atoms with Crippen molar-refractivity contribution in [2.45, 2.75) is 0 Å². The Bertz CT molecular complexity index is 220. The largest absolute Gasteiger partial charge is 0.478 e. The van der Waals surface area contributed by atoms with Gasteiger partial charge in [-0.1, -0.05) is 0 Å². The van der Waals surface area contributed by atoms with E-state index in [1.54, 1.807) is 6.07 Å². The van der Waals surface area contributed by atoms with Crippen molar-refractivity contribution in [2.24, 2.45) is 0 Å². The van der Waals surface area contributed by atoms with Gasteiger partial charge in [-0.3, -0.25) is 4.98 Å². The molecule has 1 aromatic heterocycles. The standard InChI is InChI=1S/C6H5NO2.12H2O/c8-6(9)5-2-1-3-7-4-5;;;;;;;;;;;;/h1-4H,(H,8,9);12*1H2. The summed E-state index contributed by atoms with van der Waals surface area (Å²) in [6.45, 7) is 0. The number of carboxylic acid groups (broad SMARTS) is 1. The van der Waals surface area contributed by atoms with E-state index >= 15 is 0 Å². The topological polar surface area (TPSA) is 428 Å². The third-order valence-corrected chi connectivity index (χ3v) is 0.908. The molecule has 0 fully saturated rings. The van der Waals surface area contributed by atoms with Crippen LogP contribution in [-0.4, -0.2) is 81.8 Å². The van der Waals surface area contributed by atoms with Crippen molar-refractivity contribution in [3.8, 4) is 0 Å². The molecule has 0 aromatic carbocycles. The maximum Gasteiger partial charge on any atom is 0.337 e. The van der Waals surface area contributed by atoms with Crippen LogP contribution in [0.1, 0.15) is 10.4 Å². The molecule has 0 spiro atoms. The molecule has 0 amide bonds. The van der Waals surface area contributed by atoms with Crippen molar-refractivity contribution in [3.05, 3.63) is 30.1 Å². The Morgan fingerprint density at radius 2 is 1.10 bits per heavy atom. The average Bonchev–Trinajstić information content (AvgIpc) is 1.90. The van der Waals surface area contributed by atoms with Crippen molar-refractivity contribution < 1.29 is 75.6 Å². The molecule has 15 heteroatoms. The third kappa shape index (κ3) is 46.0. The lowest BCUT2D eigenvalue weighted by molar-refractivity contribution is 0.0696. The van der Waals surface area contributed by atoms with Crippen LogP contribution in [0.15, 0.2) is 24.5 Å². The Labute approximate surface area is 118 Å². The molecule has 0 radical (unpaired) electrons. The number of pyridine rings is 1. The molecule has 142 valence electrons. The second kappa shape index (κ2) is 63.8. The fourth-order valence-corrected chi connectivity index (χ4v) is 0.489. The molecular weight excluding hydrogens is 310 g/mol. The number of carbonyl (C=O) groups is 1. The van der Waals surface area contributed by atoms with Crippen molar-refractivity contribution >= 4 is 5.97 Å². The lowest BCUT2D eigenvalue weighted by atomic mass is 10.3. The number of aromatic carboxylic acids is 1. The van der Waals surface area contributed by atoms with E-state index in [0.717, 1.165) is 0 Å². The minimum atomic E-state index is -0.942. The number of aromatic nitrogens is 1. The summed E-state index contributed by atoms with van der Waals surface area (Å²) in [5.74, 6) is -0.942. The minimum absolute atomic E-state index is 0. The first-order valence-electron chi connectivity index (χ1n) is 2.44. The molecule has 1 rings (SSSR count). The first-order chi connectivity index (χ1) is 4.30. The van der Waals surface area contributed by atoms with Gasteiger partial charge in [-0.2, -0.15) is 0 Å². The Kier molecular flexibility index (Phi) is 375. The van der Waals surface area contributed by atoms with Gasteiger partial charge in [0.05, 0.1) is 5.56 Å². The van der Waals surface area contributed by atoms with Crippen LogP contribution in [0.3, 0.4) is 0 Å². The molecule has 25 N–H and O–H groups in total. The molecule has 21 heavy (non-hydrogen) atoms. The fourth-order valence-electron chi connectivity index (χ4n) is 0.489. The fraction of sp³-hybridized carbons (Fsp3) is 0. The molecule has 0 bridgehead atoms. The molecule has 0 aliphatic heterocycles. The summed E-state index contributed by atoms with van der Waals surface area (Å²) >= 11 is 0. The highest BCUT2D eigenvalue weighted by atomic mass is 16.4. The molecule has 0 unspecified atom stereocenters. The van der Waals surface area contributed by atoms with Crippen LogP contribution in [-0.2, 0) is 0 Å². The lowest BCUT2D eigenvalue weighted by Gasteiger charge is -1.87. The van der Waals surface area contributed by atoms with Gasteiger partial charge in [0.2, 0.25) is 0 Å². The zero-order chi connectivity index (χ0) is 6.69. The molecular formula is C6H29NO14. The normalized spacial score (nSPS) is 3.81. The number of hydrogen-bond acceptors (Lipinski definition) is 2. The monoisotopic (exact) mass is 339 g/mol. The van der Waals surface area contributed by atoms with Crippen LogP contribution in [0.25, 0.3) is 0 Å². The number of carboxylic acids is 1. The van der Waals surface area contributed by atoms with Gasteiger partial charge >= 0.3 is 5.97 Å². The van der Waals surface area contributed by atoms with Gasteiger partial charge in [0.1, 0.15) is 0 Å². The Hall–Kier alpha value is -1.86. The Morgan fingerprint density at radius 1 is 0.762 bits per heavy atom. The minimum Gasteiger partial charge on any atom is -0.478 e. The van der Waals surface area contributed by atoms with E-state index in [1.807, 2.05) is 0 Å². The van der Waals surface area contributed by atoms with E-state index in [9.17, 15) is 4.79 Å². The van der Waals surface area contributed by atoms with Gasteiger partial charge in [0.15, 0.2) is 0 Å². The Morgan fingerprint density at radius 3 is 1.24 bits per heavy atom. The molecule has 1 heterocycles. The molecule has 0 saturated carbocycles. The predicted molar refractivity (Wildman–Crippen MR) is 74.6 cm³/mol. The van der Waals surface area contributed by atoms with Crippen LogP contribution < -0.4 is 0 Å². The quantitative estimate of drug-likeness (QED) is 0.520. The highest BCUT2D eigenvalue weighted by molar-refractivity contribution is 5.86. The van der Waals surface area contributed by atoms with E-state index in [0.29, 0.717) is 0 Å². The molecule has 0 saturated heterocycles. The van der Waals surface area contributed by atoms with Gasteiger partial charge in [0.25, 0.3) is 0 Å². The second-order valence-electron chi connectivity index (χ2n) is 1.55. The van der Waals surface area contributed by atoms with Crippen molar-refractivity contribution in [3.63, 3.8) is 0 Å². The second-order valence-corrected chi connectivity index (χ2v) is 1.55. The van der Waals surface area contributed by atoms with Crippen molar-refractivity contribution in [1.82, 2.24) is 4.98 Å². The van der Waals surface area contributed by atoms with Gasteiger partial charge in [-0.25, -0.2) is 4.79 Å². The van der Waals surface area contributed by atoms with Crippen LogP contribution in [0.2, 0.25) is 0 Å². The van der Waals surface area contributed by atoms with E-state index < -0.39 is 5.97 Å². The van der Waals surface area contributed by atoms with E-state index in [2.05, 4.69) is 4.98 Å². The lowest BCUT2D eigenvalue weighted by Crippen LogP contribution is -1.94. The van der Waals surface area contributed by atoms with Crippen LogP contribution in [0.5, 0.6) is 0 Å². The van der Waals surface area contributed by atoms with Gasteiger partial charge in [-0.05, 0) is 12.1 Å². The molecule has 0 aliphatic rings. The third-order valence-electron chi connectivity index (χ3n) is 0.908. The van der Waals surface area contributed by atoms with Crippen LogP contribution in [0.4, 0.5) is 0 Å². The van der Waals surface area contributed by atoms with Crippen molar-refractivity contribution in [2.75, 3.05) is 0 Å². The molecule has 1 aromatic rings. The SMILES string of the molecule is O.O.O.O.O.O.O.O.O.O.O.O.O=C(O)c1cccnc1. The van der Waals surface area contributed by atoms with E-state index in [-0.39, 0.29) is 71.3 Å². The summed E-state index contributed by atoms with van der Waals surface area (Å²) in [5, 5.41) is 8.34. The summed E-state index contributed by atoms with van der Waals surface area (Å²) < 4.78 is 0. The predicted octanol–water partition coefficient (Wildman–Crippen LogP) is -9.12. The average molecular weight is 339 g/mol. The van der Waals surface area contributed by atoms with E-state index in [4.69, 9.17) is 5.11 Å². The van der Waals surface area contributed by atoms with Gasteiger partial charge < -0.3 is 70.8 Å². The Balaban J connectivity index is -0.00000000675. The molecule has 15 nitrogen and oxygen atoms in total. The van der Waals surface area contributed by atoms with Crippen LogP contribution in [0, 0.1) is 0 Å². The van der Waals surface area contributed by atoms with Gasteiger partial charge in [-0.15, -0.1) is 0 Å². The van der Waals surface area contributed by atoms with Crippen LogP contribution >= 0.6 is 0 Å². The number of rotatable bonds is 1. The zero-order valence-corrected chi connectivity index (χ0v) is 10.6. The summed E-state index contributed by atoms with van der Waals surface area (Å²) in [7, 11) is 0. The maximum atomic E-state index is 10.2. The zero-order valence-electron chi connectivity index (χ0n) is 10.6. The summed E-state index contributed by atoms with van der Waals surface area (Å²) in [6, 6.07) is 3.08. The van der Waals surface area contributed by atoms with Crippen molar-refractivity contribution in [1.29, 1.82) is 0 Å². The number of nitrogens with zero attached hydrogens (tertiary/aromatic N) is 1. The first kappa shape index (κ1) is 124. The highest BCUT2D eigenvalue weighted by Crippen LogP contribution is 1.92. The number of hydrogen-bond donors (Lipinski definition) is 1. The smallest absolute Gasteiger partial charge is 0.337 e.